The molecule has 0 aliphatic rings. The number of hydrogen-bond acceptors (Lipinski definition) is 3. The van der Waals surface area contributed by atoms with Gasteiger partial charge < -0.3 is 4.57 Å². The van der Waals surface area contributed by atoms with E-state index in [1.54, 1.807) is 24.3 Å². The van der Waals surface area contributed by atoms with E-state index in [0.29, 0.717) is 28.7 Å². The summed E-state index contributed by atoms with van der Waals surface area (Å²) in [6, 6.07) is 35.4. The smallest absolute Gasteiger partial charge is 0.164 e. The van der Waals surface area contributed by atoms with E-state index in [1.165, 1.54) is 4.57 Å². The first-order valence-electron chi connectivity index (χ1n) is 23.5. The number of aromatic nitrogens is 4. The van der Waals surface area contributed by atoms with Crippen molar-refractivity contribution in [2.24, 2.45) is 0 Å². The van der Waals surface area contributed by atoms with Gasteiger partial charge in [0.2, 0.25) is 0 Å². The van der Waals surface area contributed by atoms with Gasteiger partial charge in [0.05, 0.1) is 27.5 Å². The van der Waals surface area contributed by atoms with E-state index in [2.05, 4.69) is 0 Å². The molecule has 2 heterocycles. The third-order valence-corrected chi connectivity index (χ3v) is 9.38. The summed E-state index contributed by atoms with van der Waals surface area (Å²) in [5.41, 5.74) is 5.32. The summed E-state index contributed by atoms with van der Waals surface area (Å²) < 4.78 is 107. The van der Waals surface area contributed by atoms with E-state index in [0.717, 1.165) is 33.4 Å². The Labute approximate surface area is 336 Å². The zero-order valence-corrected chi connectivity index (χ0v) is 29.0. The Balaban J connectivity index is 1.18. The molecule has 8 aromatic carbocycles. The van der Waals surface area contributed by atoms with E-state index in [1.807, 2.05) is 109 Å². The molecule has 0 amide bonds. The summed E-state index contributed by atoms with van der Waals surface area (Å²) >= 11 is 0. The lowest BCUT2D eigenvalue weighted by atomic mass is 10.0. The van der Waals surface area contributed by atoms with Crippen molar-refractivity contribution in [1.29, 1.82) is 0 Å². The minimum Gasteiger partial charge on any atom is -0.309 e. The van der Waals surface area contributed by atoms with Crippen LogP contribution in [0.2, 0.25) is 0 Å². The van der Waals surface area contributed by atoms with Crippen molar-refractivity contribution in [3.63, 3.8) is 0 Å². The predicted octanol–water partition coefficient (Wildman–Crippen LogP) is 13.0. The number of fused-ring (bicyclic) bond motifs is 3. The molecule has 0 fully saturated rings. The van der Waals surface area contributed by atoms with Crippen molar-refractivity contribution in [2.45, 2.75) is 0 Å². The van der Waals surface area contributed by atoms with Crippen LogP contribution in [0.1, 0.15) is 16.4 Å². The minimum atomic E-state index is -0.690. The van der Waals surface area contributed by atoms with Crippen LogP contribution in [0.4, 0.5) is 0 Å². The van der Waals surface area contributed by atoms with Crippen molar-refractivity contribution in [3.8, 4) is 73.2 Å². The van der Waals surface area contributed by atoms with Gasteiger partial charge in [-0.3, -0.25) is 0 Å². The molecule has 0 unspecified atom stereocenters. The van der Waals surface area contributed by atoms with Crippen LogP contribution in [-0.4, -0.2) is 19.5 Å². The third kappa shape index (κ3) is 6.16. The van der Waals surface area contributed by atoms with E-state index in [4.69, 9.17) is 27.3 Å². The summed E-state index contributed by atoms with van der Waals surface area (Å²) in [5.74, 6) is 1.17. The molecule has 2 aromatic heterocycles. The molecule has 0 aliphatic carbocycles. The number of nitrogens with zero attached hydrogens (tertiary/aromatic N) is 4. The summed E-state index contributed by atoms with van der Waals surface area (Å²) in [6.45, 7) is 0. The molecule has 0 saturated carbocycles. The summed E-state index contributed by atoms with van der Waals surface area (Å²) in [7, 11) is 0. The molecule has 4 nitrogen and oxygen atoms in total. The Morgan fingerprint density at radius 3 is 1.47 bits per heavy atom. The van der Waals surface area contributed by atoms with E-state index in [-0.39, 0.29) is 21.8 Å². The first kappa shape index (κ1) is 21.9. The molecule has 0 bridgehead atoms. The van der Waals surface area contributed by atoms with Crippen LogP contribution >= 0.6 is 0 Å². The number of para-hydroxylation sites is 1. The third-order valence-electron chi connectivity index (χ3n) is 9.38. The topological polar surface area (TPSA) is 43.6 Å². The second-order valence-corrected chi connectivity index (χ2v) is 12.8. The highest BCUT2D eigenvalue weighted by molar-refractivity contribution is 6.10. The SMILES string of the molecule is [2H]c1c([2H])c([2H])c(-c2c([2H])c([2H])c3c(c2[2H])c2c([2H])c([2H])c([2H])c([2H])c2n3-c2ccc(-c3nc(-c4cccc(-c5ccccc5)c4)nc(-c4cccc(-c5ccccc5)c4)n3)cc2)c([2H])c1[2H]. The fourth-order valence-electron chi connectivity index (χ4n) is 6.73. The van der Waals surface area contributed by atoms with Gasteiger partial charge >= 0.3 is 0 Å². The van der Waals surface area contributed by atoms with Crippen LogP contribution in [0.15, 0.2) is 206 Å². The van der Waals surface area contributed by atoms with Gasteiger partial charge in [-0.2, -0.15) is 0 Å². The highest BCUT2D eigenvalue weighted by Gasteiger charge is 2.16. The van der Waals surface area contributed by atoms with Crippen LogP contribution in [0, 0.1) is 0 Å². The van der Waals surface area contributed by atoms with Gasteiger partial charge in [-0.25, -0.2) is 15.0 Å². The van der Waals surface area contributed by atoms with Crippen LogP contribution in [0.25, 0.3) is 95.0 Å². The molecular weight excluding hydrogens is 669 g/mol. The number of rotatable bonds is 7. The number of benzene rings is 8. The molecule has 0 spiro atoms. The highest BCUT2D eigenvalue weighted by Crippen LogP contribution is 2.36. The standard InChI is InChI=1S/C51H34N4/c1-4-14-35(15-5-1)39-20-12-22-42(32-39)50-52-49(53-51(54-50)43-23-13-21-40(33-43)36-16-6-2-7-17-36)38-26-29-44(30-27-38)55-47-25-11-10-24-45(47)46-34-41(28-31-48(46)55)37-18-8-3-9-19-37/h1-34H/i3D,8D,9D,10D,11D,18D,19D,24D,25D,28D,31D,34D. The second-order valence-electron chi connectivity index (χ2n) is 12.8. The fourth-order valence-corrected chi connectivity index (χ4v) is 6.73. The summed E-state index contributed by atoms with van der Waals surface area (Å²) in [4.78, 5) is 15.0. The van der Waals surface area contributed by atoms with E-state index >= 15 is 0 Å². The van der Waals surface area contributed by atoms with E-state index in [9.17, 15) is 4.11 Å². The zero-order chi connectivity index (χ0) is 47.0. The predicted molar refractivity (Wildman–Crippen MR) is 227 cm³/mol. The quantitative estimate of drug-likeness (QED) is 0.165. The molecule has 0 atom stereocenters. The van der Waals surface area contributed by atoms with Crippen LogP contribution in [-0.2, 0) is 0 Å². The maximum atomic E-state index is 9.48. The Bertz CT molecular complexity index is 3520. The summed E-state index contributed by atoms with van der Waals surface area (Å²) in [5, 5.41) is -0.268. The molecule has 4 heteroatoms. The molecular formula is C51H34N4. The molecule has 0 N–H and O–H groups in total. The zero-order valence-electron chi connectivity index (χ0n) is 41.0. The Kier molecular flexibility index (Phi) is 5.52. The Morgan fingerprint density at radius 2 is 0.855 bits per heavy atom. The molecule has 55 heavy (non-hydrogen) atoms. The van der Waals surface area contributed by atoms with Gasteiger partial charge in [-0.05, 0) is 87.9 Å². The number of hydrogen-bond donors (Lipinski definition) is 0. The van der Waals surface area contributed by atoms with Crippen LogP contribution < -0.4 is 0 Å². The molecule has 0 saturated heterocycles. The molecule has 10 rings (SSSR count). The van der Waals surface area contributed by atoms with Gasteiger partial charge in [0, 0.05) is 33.2 Å². The van der Waals surface area contributed by atoms with Gasteiger partial charge in [0.1, 0.15) is 0 Å². The van der Waals surface area contributed by atoms with Crippen molar-refractivity contribution in [3.05, 3.63) is 206 Å². The maximum Gasteiger partial charge on any atom is 0.164 e. The molecule has 0 aliphatic heterocycles. The maximum absolute atomic E-state index is 9.48. The lowest BCUT2D eigenvalue weighted by Crippen LogP contribution is -2.01. The molecule has 258 valence electrons. The second kappa shape index (κ2) is 13.8. The van der Waals surface area contributed by atoms with Crippen molar-refractivity contribution >= 4 is 21.8 Å². The van der Waals surface area contributed by atoms with Gasteiger partial charge in [-0.15, -0.1) is 0 Å². The lowest BCUT2D eigenvalue weighted by Gasteiger charge is -2.12. The minimum absolute atomic E-state index is 0.0744. The largest absolute Gasteiger partial charge is 0.309 e. The first-order chi connectivity index (χ1) is 32.2. The first-order valence-corrected chi connectivity index (χ1v) is 17.5. The van der Waals surface area contributed by atoms with Crippen LogP contribution in [0.3, 0.4) is 0 Å². The Hall–Kier alpha value is -7.43. The van der Waals surface area contributed by atoms with Gasteiger partial charge in [0.15, 0.2) is 17.5 Å². The average molecular weight is 715 g/mol. The van der Waals surface area contributed by atoms with Gasteiger partial charge in [-0.1, -0.05) is 151 Å². The van der Waals surface area contributed by atoms with Crippen molar-refractivity contribution < 1.29 is 16.4 Å². The van der Waals surface area contributed by atoms with Crippen LogP contribution in [0.5, 0.6) is 0 Å². The molecule has 0 radical (unpaired) electrons. The summed E-state index contributed by atoms with van der Waals surface area (Å²) in [6.07, 6.45) is 0. The monoisotopic (exact) mass is 714 g/mol. The highest BCUT2D eigenvalue weighted by atomic mass is 15.0. The normalized spacial score (nSPS) is 14.3. The van der Waals surface area contributed by atoms with Crippen molar-refractivity contribution in [1.82, 2.24) is 19.5 Å². The van der Waals surface area contributed by atoms with Gasteiger partial charge in [0.25, 0.3) is 0 Å². The van der Waals surface area contributed by atoms with Crippen molar-refractivity contribution in [2.75, 3.05) is 0 Å². The van der Waals surface area contributed by atoms with E-state index < -0.39 is 83.6 Å². The Morgan fingerprint density at radius 1 is 0.345 bits per heavy atom. The average Bonchev–Trinajstić information content (AvgIpc) is 3.74. The lowest BCUT2D eigenvalue weighted by molar-refractivity contribution is 1.07. The molecule has 10 aromatic rings. The fraction of sp³-hybridized carbons (Fsp3) is 0.